The van der Waals surface area contributed by atoms with E-state index in [1.165, 1.54) is 12.1 Å². The Morgan fingerprint density at radius 2 is 1.58 bits per heavy atom. The van der Waals surface area contributed by atoms with Gasteiger partial charge in [-0.2, -0.15) is 0 Å². The van der Waals surface area contributed by atoms with Crippen LogP contribution in [0.25, 0.3) is 0 Å². The Bertz CT molecular complexity index is 856. The Morgan fingerprint density at radius 1 is 0.970 bits per heavy atom. The molecular weight excluding hydrogens is 436 g/mol. The zero-order valence-electron chi connectivity index (χ0n) is 18.4. The molecule has 0 aliphatic carbocycles. The number of aromatic hydroxyl groups is 1. The topological polar surface area (TPSA) is 208 Å². The number of carbonyl (C=O) groups excluding carboxylic acids is 3. The Hall–Kier alpha value is -3.67. The zero-order valence-corrected chi connectivity index (χ0v) is 18.4. The third kappa shape index (κ3) is 9.99. The lowest BCUT2D eigenvalue weighted by atomic mass is 10.0. The number of benzene rings is 1. The summed E-state index contributed by atoms with van der Waals surface area (Å²) in [5.41, 5.74) is 6.55. The van der Waals surface area contributed by atoms with Gasteiger partial charge in [0.05, 0.1) is 12.6 Å². The Balaban J connectivity index is 2.61. The maximum Gasteiger partial charge on any atom is 0.326 e. The molecule has 3 unspecified atom stereocenters. The predicted molar refractivity (Wildman–Crippen MR) is 116 cm³/mol. The highest BCUT2D eigenvalue weighted by molar-refractivity contribution is 5.92. The van der Waals surface area contributed by atoms with E-state index in [1.54, 1.807) is 26.0 Å². The fourth-order valence-corrected chi connectivity index (χ4v) is 2.82. The molecular formula is C21H30N4O8. The molecule has 8 N–H and O–H groups in total. The van der Waals surface area contributed by atoms with Crippen LogP contribution in [-0.2, 0) is 30.4 Å². The molecule has 3 atom stereocenters. The van der Waals surface area contributed by atoms with Crippen LogP contribution in [0.2, 0.25) is 0 Å². The van der Waals surface area contributed by atoms with Gasteiger partial charge in [-0.15, -0.1) is 0 Å². The van der Waals surface area contributed by atoms with Gasteiger partial charge in [0.15, 0.2) is 0 Å². The van der Waals surface area contributed by atoms with Gasteiger partial charge in [-0.05, 0) is 36.5 Å². The van der Waals surface area contributed by atoms with Gasteiger partial charge in [0.1, 0.15) is 17.8 Å². The third-order valence-electron chi connectivity index (χ3n) is 4.68. The molecule has 1 aromatic rings. The molecule has 0 bridgehead atoms. The SMILES string of the molecule is CC(C)C(NC(=O)CNC(=O)C(N)Cc1ccc(O)cc1)C(=O)NC(CCC(=O)O)C(=O)O. The summed E-state index contributed by atoms with van der Waals surface area (Å²) in [6, 6.07) is 2.67. The van der Waals surface area contributed by atoms with Crippen LogP contribution in [0.3, 0.4) is 0 Å². The summed E-state index contributed by atoms with van der Waals surface area (Å²) in [5.74, 6) is -5.01. The monoisotopic (exact) mass is 466 g/mol. The molecule has 0 aliphatic rings. The molecule has 0 fully saturated rings. The molecule has 0 saturated heterocycles. The maximum atomic E-state index is 12.5. The first-order chi connectivity index (χ1) is 15.4. The molecule has 0 aliphatic heterocycles. The number of nitrogens with one attached hydrogen (secondary N) is 3. The van der Waals surface area contributed by atoms with Crippen molar-refractivity contribution in [3.05, 3.63) is 29.8 Å². The van der Waals surface area contributed by atoms with Crippen LogP contribution in [0, 0.1) is 5.92 Å². The first kappa shape index (κ1) is 27.4. The zero-order chi connectivity index (χ0) is 25.1. The van der Waals surface area contributed by atoms with Crippen LogP contribution < -0.4 is 21.7 Å². The molecule has 33 heavy (non-hydrogen) atoms. The molecule has 0 spiro atoms. The molecule has 3 amide bonds. The Labute approximate surface area is 190 Å². The highest BCUT2D eigenvalue weighted by Gasteiger charge is 2.29. The number of phenolic OH excluding ortho intramolecular Hbond substituents is 1. The minimum Gasteiger partial charge on any atom is -0.508 e. The highest BCUT2D eigenvalue weighted by Crippen LogP contribution is 2.11. The number of carbonyl (C=O) groups is 5. The fourth-order valence-electron chi connectivity index (χ4n) is 2.82. The van der Waals surface area contributed by atoms with E-state index in [4.69, 9.17) is 10.8 Å². The summed E-state index contributed by atoms with van der Waals surface area (Å²) < 4.78 is 0. The van der Waals surface area contributed by atoms with Crippen molar-refractivity contribution in [2.24, 2.45) is 11.7 Å². The minimum atomic E-state index is -1.43. The number of rotatable bonds is 13. The molecule has 0 saturated carbocycles. The van der Waals surface area contributed by atoms with E-state index in [1.807, 2.05) is 0 Å². The van der Waals surface area contributed by atoms with Gasteiger partial charge in [-0.1, -0.05) is 26.0 Å². The van der Waals surface area contributed by atoms with Crippen LogP contribution in [-0.4, -0.2) is 69.7 Å². The van der Waals surface area contributed by atoms with E-state index >= 15 is 0 Å². The van der Waals surface area contributed by atoms with Gasteiger partial charge in [0.25, 0.3) is 0 Å². The fraction of sp³-hybridized carbons (Fsp3) is 0.476. The summed E-state index contributed by atoms with van der Waals surface area (Å²) in [4.78, 5) is 58.9. The van der Waals surface area contributed by atoms with Crippen LogP contribution in [0.4, 0.5) is 0 Å². The second-order valence-corrected chi connectivity index (χ2v) is 7.82. The number of aliphatic carboxylic acids is 2. The number of carboxylic acids is 2. The summed E-state index contributed by atoms with van der Waals surface area (Å²) >= 11 is 0. The quantitative estimate of drug-likeness (QED) is 0.189. The average molecular weight is 466 g/mol. The van der Waals surface area contributed by atoms with Crippen molar-refractivity contribution in [3.8, 4) is 5.75 Å². The minimum absolute atomic E-state index is 0.0775. The number of hydrogen-bond acceptors (Lipinski definition) is 7. The molecule has 0 radical (unpaired) electrons. The van der Waals surface area contributed by atoms with Gasteiger partial charge in [0.2, 0.25) is 17.7 Å². The standard InChI is InChI=1S/C21H30N4O8/c1-11(2)18(20(31)24-15(21(32)33)7-8-17(28)29)25-16(27)10-23-19(30)14(22)9-12-3-5-13(26)6-4-12/h3-6,11,14-15,18,26H,7-10,22H2,1-2H3,(H,23,30)(H,24,31)(H,25,27)(H,28,29)(H,32,33). The van der Waals surface area contributed by atoms with Crippen molar-refractivity contribution in [2.45, 2.75) is 51.2 Å². The van der Waals surface area contributed by atoms with Crippen molar-refractivity contribution in [1.82, 2.24) is 16.0 Å². The molecule has 0 heterocycles. The number of amides is 3. The lowest BCUT2D eigenvalue weighted by Crippen LogP contribution is -2.55. The second kappa shape index (κ2) is 13.0. The van der Waals surface area contributed by atoms with E-state index in [9.17, 15) is 34.2 Å². The largest absolute Gasteiger partial charge is 0.508 e. The van der Waals surface area contributed by atoms with Crippen LogP contribution in [0.1, 0.15) is 32.3 Å². The van der Waals surface area contributed by atoms with Gasteiger partial charge in [0, 0.05) is 6.42 Å². The first-order valence-corrected chi connectivity index (χ1v) is 10.3. The van der Waals surface area contributed by atoms with Crippen molar-refractivity contribution in [2.75, 3.05) is 6.54 Å². The number of phenols is 1. The van der Waals surface area contributed by atoms with Crippen molar-refractivity contribution < 1.29 is 39.3 Å². The third-order valence-corrected chi connectivity index (χ3v) is 4.68. The Morgan fingerprint density at radius 3 is 2.09 bits per heavy atom. The molecule has 1 aromatic carbocycles. The first-order valence-electron chi connectivity index (χ1n) is 10.3. The van der Waals surface area contributed by atoms with Crippen molar-refractivity contribution in [3.63, 3.8) is 0 Å². The average Bonchev–Trinajstić information content (AvgIpc) is 2.73. The normalized spacial score (nSPS) is 13.5. The summed E-state index contributed by atoms with van der Waals surface area (Å²) in [6.45, 7) is 2.80. The van der Waals surface area contributed by atoms with Crippen LogP contribution in [0.5, 0.6) is 5.75 Å². The van der Waals surface area contributed by atoms with E-state index in [0.717, 1.165) is 0 Å². The molecule has 182 valence electrons. The maximum absolute atomic E-state index is 12.5. The van der Waals surface area contributed by atoms with Crippen LogP contribution in [0.15, 0.2) is 24.3 Å². The highest BCUT2D eigenvalue weighted by atomic mass is 16.4. The Kier molecular flexibility index (Phi) is 10.8. The van der Waals surface area contributed by atoms with Gasteiger partial charge in [-0.25, -0.2) is 4.79 Å². The van der Waals surface area contributed by atoms with Crippen LogP contribution >= 0.6 is 0 Å². The van der Waals surface area contributed by atoms with E-state index < -0.39 is 66.7 Å². The summed E-state index contributed by atoms with van der Waals surface area (Å²) in [6.07, 6.45) is -0.589. The smallest absolute Gasteiger partial charge is 0.326 e. The molecule has 12 heteroatoms. The predicted octanol–water partition coefficient (Wildman–Crippen LogP) is -1.05. The molecule has 0 aromatic heterocycles. The number of carboxylic acid groups (broad SMARTS) is 2. The number of nitrogens with two attached hydrogens (primary N) is 1. The van der Waals surface area contributed by atoms with Crippen molar-refractivity contribution >= 4 is 29.7 Å². The molecule has 1 rings (SSSR count). The van der Waals surface area contributed by atoms with E-state index in [-0.39, 0.29) is 18.6 Å². The van der Waals surface area contributed by atoms with Crippen molar-refractivity contribution in [1.29, 1.82) is 0 Å². The summed E-state index contributed by atoms with van der Waals surface area (Å²) in [7, 11) is 0. The van der Waals surface area contributed by atoms with E-state index in [0.29, 0.717) is 5.56 Å². The van der Waals surface area contributed by atoms with E-state index in [2.05, 4.69) is 16.0 Å². The van der Waals surface area contributed by atoms with Gasteiger partial charge >= 0.3 is 11.9 Å². The second-order valence-electron chi connectivity index (χ2n) is 7.82. The number of hydrogen-bond donors (Lipinski definition) is 7. The van der Waals surface area contributed by atoms with Gasteiger partial charge in [-0.3, -0.25) is 19.2 Å². The lowest BCUT2D eigenvalue weighted by molar-refractivity contribution is -0.143. The lowest BCUT2D eigenvalue weighted by Gasteiger charge is -2.24. The molecule has 12 nitrogen and oxygen atoms in total. The van der Waals surface area contributed by atoms with Gasteiger partial charge < -0.3 is 37.0 Å². The summed E-state index contributed by atoms with van der Waals surface area (Å²) in [5, 5.41) is 34.2.